The molecule has 0 aliphatic rings. The van der Waals surface area contributed by atoms with Crippen molar-refractivity contribution in [1.29, 1.82) is 0 Å². The van der Waals surface area contributed by atoms with E-state index in [4.69, 9.17) is 0 Å². The molecule has 0 aliphatic carbocycles. The number of para-hydroxylation sites is 1. The Bertz CT molecular complexity index is 4600. The summed E-state index contributed by atoms with van der Waals surface area (Å²) in [7, 11) is 0. The van der Waals surface area contributed by atoms with Gasteiger partial charge in [-0.2, -0.15) is 0 Å². The van der Waals surface area contributed by atoms with Crippen LogP contribution < -0.4 is 4.90 Å². The third-order valence-corrected chi connectivity index (χ3v) is 15.7. The number of aromatic nitrogens is 2. The van der Waals surface area contributed by atoms with Crippen molar-refractivity contribution >= 4 is 56.2 Å². The Hall–Kier alpha value is -11.5. The van der Waals surface area contributed by atoms with Crippen molar-refractivity contribution in [2.24, 2.45) is 0 Å². The molecule has 2 aromatic heterocycles. The standard InChI is InChI=1S/C84H65N3/c1-4-6-23-63(3)85-60-20-10-8-7-9-15-27-67(31-22-61-85)70-38-40-75(41-39-70)76-50-59-84-82(62-76)81-32-18-19-33-83(81)87(84)80-57-48-74(49-58-80)73-46-55-79(56-47-73)86(77-51-42-68(43-52-77)65(5-2)30-21-26-64-24-13-11-14-25-64)78-53-44-72(45-54-78)71-36-34-69(35-37-71)66-28-16-12-17-29-66/h4-62H,1-3H2. The van der Waals surface area contributed by atoms with E-state index < -0.39 is 0 Å². The van der Waals surface area contributed by atoms with Crippen LogP contribution in [0.1, 0.15) is 11.1 Å². The molecule has 12 aromatic rings. The van der Waals surface area contributed by atoms with Gasteiger partial charge in [0.25, 0.3) is 0 Å². The van der Waals surface area contributed by atoms with Crippen LogP contribution in [-0.2, 0) is 0 Å². The summed E-state index contributed by atoms with van der Waals surface area (Å²) in [5, 5.41) is 2.42. The molecule has 0 bridgehead atoms. The third-order valence-electron chi connectivity index (χ3n) is 15.7. The molecule has 0 saturated carbocycles. The van der Waals surface area contributed by atoms with Gasteiger partial charge in [-0.05, 0) is 157 Å². The van der Waals surface area contributed by atoms with Gasteiger partial charge in [-0.1, -0.05) is 281 Å². The molecule has 3 nitrogen and oxygen atoms in total. The molecule has 0 saturated heterocycles. The summed E-state index contributed by atoms with van der Waals surface area (Å²) in [5.41, 5.74) is 22.3. The number of allylic oxidation sites excluding steroid dienone is 8. The SMILES string of the molecule is C=CC=CC(=C)n1ccccccccc(-c2ccc(-c3ccc4c(c3)c3ccccc3n4-c3ccc(-c4ccc(N(c5ccc(C(C=C)=CC=Cc6ccccc6)cc5)c5ccc(-c6ccc(-c7ccccc7)cc6)cc5)cc4)cc3)cc2)ccc1. The van der Waals surface area contributed by atoms with E-state index in [1.165, 1.54) is 33.0 Å². The highest BCUT2D eigenvalue weighted by Crippen LogP contribution is 2.40. The normalized spacial score (nSPS) is 11.3. The monoisotopic (exact) mass is 1120 g/mol. The second-order valence-electron chi connectivity index (χ2n) is 21.2. The molecular formula is C84H65N3. The molecule has 12 rings (SSSR count). The van der Waals surface area contributed by atoms with Gasteiger partial charge in [-0.25, -0.2) is 0 Å². The van der Waals surface area contributed by atoms with Crippen LogP contribution in [0.4, 0.5) is 17.1 Å². The highest BCUT2D eigenvalue weighted by Gasteiger charge is 2.17. The lowest BCUT2D eigenvalue weighted by Gasteiger charge is -2.26. The number of fused-ring (bicyclic) bond motifs is 3. The topological polar surface area (TPSA) is 13.1 Å². The minimum absolute atomic E-state index is 0.829. The van der Waals surface area contributed by atoms with Crippen LogP contribution in [0.3, 0.4) is 0 Å². The van der Waals surface area contributed by atoms with Crippen molar-refractivity contribution < 1.29 is 0 Å². The Kier molecular flexibility index (Phi) is 17.3. The van der Waals surface area contributed by atoms with Crippen molar-refractivity contribution in [1.82, 2.24) is 9.13 Å². The number of hydrogen-bond donors (Lipinski definition) is 0. The molecule has 0 N–H and O–H groups in total. The van der Waals surface area contributed by atoms with Crippen LogP contribution in [-0.4, -0.2) is 9.13 Å². The molecule has 0 unspecified atom stereocenters. The number of nitrogens with zero attached hydrogens (tertiary/aromatic N) is 3. The number of hydrogen-bond acceptors (Lipinski definition) is 1. The highest BCUT2D eigenvalue weighted by molar-refractivity contribution is 6.10. The Morgan fingerprint density at radius 3 is 1.33 bits per heavy atom. The fraction of sp³-hybridized carbons (Fsp3) is 0. The van der Waals surface area contributed by atoms with Crippen LogP contribution in [0.2, 0.25) is 0 Å². The van der Waals surface area contributed by atoms with Gasteiger partial charge in [0, 0.05) is 51.6 Å². The van der Waals surface area contributed by atoms with Crippen molar-refractivity contribution in [2.45, 2.75) is 0 Å². The van der Waals surface area contributed by atoms with E-state index in [2.05, 4.69) is 314 Å². The molecule has 0 aliphatic heterocycles. The van der Waals surface area contributed by atoms with E-state index in [0.29, 0.717) is 0 Å². The first-order chi connectivity index (χ1) is 43.0. The minimum atomic E-state index is 0.829. The van der Waals surface area contributed by atoms with Crippen LogP contribution in [0.5, 0.6) is 0 Å². The summed E-state index contributed by atoms with van der Waals surface area (Å²) in [5.74, 6) is 0. The predicted octanol–water partition coefficient (Wildman–Crippen LogP) is 23.1. The van der Waals surface area contributed by atoms with Crippen LogP contribution in [0.25, 0.3) is 100 Å². The molecule has 0 fully saturated rings. The summed E-state index contributed by atoms with van der Waals surface area (Å²) in [4.78, 5) is 2.33. The zero-order valence-electron chi connectivity index (χ0n) is 48.5. The van der Waals surface area contributed by atoms with E-state index in [0.717, 1.165) is 89.6 Å². The zero-order chi connectivity index (χ0) is 59.2. The van der Waals surface area contributed by atoms with Crippen LogP contribution in [0.15, 0.2) is 372 Å². The summed E-state index contributed by atoms with van der Waals surface area (Å²) in [6, 6.07) is 108. The predicted molar refractivity (Wildman–Crippen MR) is 374 cm³/mol. The summed E-state index contributed by atoms with van der Waals surface area (Å²) >= 11 is 0. The van der Waals surface area contributed by atoms with E-state index in [1.807, 2.05) is 71.6 Å². The molecule has 10 aromatic carbocycles. The average Bonchev–Trinajstić information content (AvgIpc) is 1.69. The van der Waals surface area contributed by atoms with Gasteiger partial charge in [0.2, 0.25) is 0 Å². The first-order valence-corrected chi connectivity index (χ1v) is 29.4. The lowest BCUT2D eigenvalue weighted by Crippen LogP contribution is -2.10. The number of benzene rings is 10. The van der Waals surface area contributed by atoms with Gasteiger partial charge < -0.3 is 14.0 Å². The maximum absolute atomic E-state index is 4.24. The van der Waals surface area contributed by atoms with Crippen molar-refractivity contribution in [3.8, 4) is 61.3 Å². The first kappa shape index (κ1) is 56.0. The van der Waals surface area contributed by atoms with Crippen LogP contribution in [0, 0.1) is 0 Å². The van der Waals surface area contributed by atoms with Crippen molar-refractivity contribution in [3.63, 3.8) is 0 Å². The maximum Gasteiger partial charge on any atom is 0.0541 e. The third kappa shape index (κ3) is 13.0. The summed E-state index contributed by atoms with van der Waals surface area (Å²) < 4.78 is 4.38. The first-order valence-electron chi connectivity index (χ1n) is 29.4. The van der Waals surface area contributed by atoms with Gasteiger partial charge in [-0.15, -0.1) is 0 Å². The quantitative estimate of drug-likeness (QED) is 0.0879. The Morgan fingerprint density at radius 2 is 0.770 bits per heavy atom. The second kappa shape index (κ2) is 26.8. The van der Waals surface area contributed by atoms with Gasteiger partial charge in [-0.3, -0.25) is 0 Å². The molecule has 2 heterocycles. The highest BCUT2D eigenvalue weighted by atomic mass is 15.1. The smallest absolute Gasteiger partial charge is 0.0541 e. The largest absolute Gasteiger partial charge is 0.324 e. The molecule has 0 atom stereocenters. The molecule has 0 spiro atoms. The minimum Gasteiger partial charge on any atom is -0.324 e. The van der Waals surface area contributed by atoms with E-state index in [9.17, 15) is 0 Å². The summed E-state index contributed by atoms with van der Waals surface area (Å²) in [6.45, 7) is 12.2. The van der Waals surface area contributed by atoms with Gasteiger partial charge >= 0.3 is 0 Å². The maximum atomic E-state index is 4.24. The number of rotatable bonds is 16. The fourth-order valence-corrected chi connectivity index (χ4v) is 11.1. The van der Waals surface area contributed by atoms with Gasteiger partial charge in [0.05, 0.1) is 11.0 Å². The van der Waals surface area contributed by atoms with E-state index >= 15 is 0 Å². The van der Waals surface area contributed by atoms with E-state index in [1.54, 1.807) is 6.08 Å². The number of anilines is 3. The van der Waals surface area contributed by atoms with Gasteiger partial charge in [0.15, 0.2) is 0 Å². The Labute approximate surface area is 511 Å². The molecule has 0 amide bonds. The van der Waals surface area contributed by atoms with Crippen LogP contribution >= 0.6 is 0 Å². The molecule has 87 heavy (non-hydrogen) atoms. The lowest BCUT2D eigenvalue weighted by atomic mass is 9.99. The average molecular weight is 1120 g/mol. The van der Waals surface area contributed by atoms with Gasteiger partial charge in [0.1, 0.15) is 0 Å². The molecule has 3 heteroatoms. The zero-order valence-corrected chi connectivity index (χ0v) is 48.5. The van der Waals surface area contributed by atoms with Crippen molar-refractivity contribution in [2.75, 3.05) is 4.90 Å². The fourth-order valence-electron chi connectivity index (χ4n) is 11.1. The molecule has 0 radical (unpaired) electrons. The lowest BCUT2D eigenvalue weighted by molar-refractivity contribution is 1.10. The van der Waals surface area contributed by atoms with E-state index in [-0.39, 0.29) is 0 Å². The van der Waals surface area contributed by atoms with Crippen molar-refractivity contribution in [3.05, 3.63) is 383 Å². The molecular weight excluding hydrogens is 1050 g/mol. The molecule has 416 valence electrons. The second-order valence-corrected chi connectivity index (χ2v) is 21.2. The Balaban J connectivity index is 0.816. The summed E-state index contributed by atoms with van der Waals surface area (Å²) in [6.07, 6.45) is 17.8. The Morgan fingerprint density at radius 1 is 0.356 bits per heavy atom.